The fourth-order valence-corrected chi connectivity index (χ4v) is 4.07. The Morgan fingerprint density at radius 1 is 1.22 bits per heavy atom. The maximum atomic E-state index is 12.3. The molecule has 0 bridgehead atoms. The van der Waals surface area contributed by atoms with Gasteiger partial charge < -0.3 is 20.1 Å². The first-order chi connectivity index (χ1) is 15.5. The number of cyclic esters (lactones) is 1. The molecule has 2 aliphatic heterocycles. The number of piperazine rings is 1. The van der Waals surface area contributed by atoms with E-state index in [4.69, 9.17) is 9.47 Å². The molecule has 1 unspecified atom stereocenters. The van der Waals surface area contributed by atoms with Gasteiger partial charge in [0.05, 0.1) is 12.1 Å². The Labute approximate surface area is 189 Å². The van der Waals surface area contributed by atoms with Gasteiger partial charge in [0.1, 0.15) is 18.5 Å². The number of hydrogen-bond donors (Lipinski definition) is 2. The average Bonchev–Trinajstić information content (AvgIpc) is 3.21. The number of carbonyl (C=O) groups excluding carboxylic acids is 1. The number of benzene rings is 1. The normalized spacial score (nSPS) is 21.3. The van der Waals surface area contributed by atoms with Crippen LogP contribution in [-0.4, -0.2) is 73.0 Å². The lowest BCUT2D eigenvalue weighted by atomic mass is 10.1. The van der Waals surface area contributed by atoms with Crippen LogP contribution in [0.25, 0.3) is 0 Å². The lowest BCUT2D eigenvalue weighted by Gasteiger charge is -2.27. The van der Waals surface area contributed by atoms with Gasteiger partial charge in [-0.25, -0.2) is 9.78 Å². The highest BCUT2D eigenvalue weighted by atomic mass is 16.6. The topological polar surface area (TPSA) is 91.9 Å². The first-order valence-corrected chi connectivity index (χ1v) is 11.2. The third kappa shape index (κ3) is 5.17. The zero-order valence-electron chi connectivity index (χ0n) is 19.0. The minimum absolute atomic E-state index is 0.0118. The molecule has 0 aliphatic carbocycles. The van der Waals surface area contributed by atoms with Crippen molar-refractivity contribution >= 4 is 17.9 Å². The number of hydrogen-bond acceptors (Lipinski definition) is 8. The highest BCUT2D eigenvalue weighted by molar-refractivity contribution is 5.89. The van der Waals surface area contributed by atoms with Crippen molar-refractivity contribution in [2.75, 3.05) is 50.1 Å². The number of nitrogens with one attached hydrogen (secondary N) is 2. The van der Waals surface area contributed by atoms with Crippen LogP contribution in [0.2, 0.25) is 0 Å². The number of ether oxygens (including phenoxy) is 2. The molecule has 1 aromatic heterocycles. The van der Waals surface area contributed by atoms with Crippen LogP contribution < -0.4 is 15.5 Å². The predicted octanol–water partition coefficient (Wildman–Crippen LogP) is 2.42. The van der Waals surface area contributed by atoms with Crippen LogP contribution in [-0.2, 0) is 16.0 Å². The molecule has 2 aromatic rings. The van der Waals surface area contributed by atoms with E-state index in [0.717, 1.165) is 38.3 Å². The van der Waals surface area contributed by atoms with Crippen molar-refractivity contribution in [2.45, 2.75) is 38.6 Å². The van der Waals surface area contributed by atoms with Crippen LogP contribution in [0.4, 0.5) is 16.6 Å². The Kier molecular flexibility index (Phi) is 7.19. The molecular formula is C23H32N6O3. The minimum atomic E-state index is -0.420. The predicted molar refractivity (Wildman–Crippen MR) is 123 cm³/mol. The maximum absolute atomic E-state index is 12.3. The van der Waals surface area contributed by atoms with Gasteiger partial charge >= 0.3 is 6.09 Å². The van der Waals surface area contributed by atoms with Gasteiger partial charge in [-0.1, -0.05) is 24.3 Å². The quantitative estimate of drug-likeness (QED) is 0.647. The largest absolute Gasteiger partial charge is 0.447 e. The molecular weight excluding hydrogens is 408 g/mol. The van der Waals surface area contributed by atoms with Crippen LogP contribution in [0, 0.1) is 0 Å². The highest BCUT2D eigenvalue weighted by Crippen LogP contribution is 2.25. The molecule has 2 aliphatic rings. The van der Waals surface area contributed by atoms with E-state index in [1.165, 1.54) is 10.5 Å². The van der Waals surface area contributed by atoms with E-state index >= 15 is 0 Å². The van der Waals surface area contributed by atoms with Crippen molar-refractivity contribution in [1.29, 1.82) is 0 Å². The van der Waals surface area contributed by atoms with E-state index in [1.54, 1.807) is 19.4 Å². The Balaban J connectivity index is 1.41. The van der Waals surface area contributed by atoms with Gasteiger partial charge in [-0.2, -0.15) is 4.98 Å². The summed E-state index contributed by atoms with van der Waals surface area (Å²) in [4.78, 5) is 25.2. The zero-order chi connectivity index (χ0) is 22.5. The van der Waals surface area contributed by atoms with Crippen molar-refractivity contribution < 1.29 is 14.3 Å². The van der Waals surface area contributed by atoms with E-state index < -0.39 is 6.09 Å². The van der Waals surface area contributed by atoms with Crippen LogP contribution in [0.3, 0.4) is 0 Å². The van der Waals surface area contributed by atoms with Crippen LogP contribution >= 0.6 is 0 Å². The molecule has 2 saturated heterocycles. The third-order valence-electron chi connectivity index (χ3n) is 6.15. The maximum Gasteiger partial charge on any atom is 0.416 e. The summed E-state index contributed by atoms with van der Waals surface area (Å²) >= 11 is 0. The molecule has 0 radical (unpaired) electrons. The van der Waals surface area contributed by atoms with Crippen LogP contribution in [0.15, 0.2) is 36.5 Å². The van der Waals surface area contributed by atoms with E-state index in [1.807, 2.05) is 6.92 Å². The summed E-state index contributed by atoms with van der Waals surface area (Å²) in [6.45, 7) is 9.51. The van der Waals surface area contributed by atoms with Crippen molar-refractivity contribution in [2.24, 2.45) is 0 Å². The molecule has 2 N–H and O–H groups in total. The number of rotatable bonds is 8. The SMILES string of the molecule is CO[C@H](C)C1COC(=O)N1c1ccnc(N[C@@H](C)c2ccc(CN3CCNCC3)cc2)n1. The summed E-state index contributed by atoms with van der Waals surface area (Å²) in [6.07, 6.45) is 1.05. The van der Waals surface area contributed by atoms with Crippen LogP contribution in [0.1, 0.15) is 31.0 Å². The second-order valence-corrected chi connectivity index (χ2v) is 8.33. The Bertz CT molecular complexity index is 903. The summed E-state index contributed by atoms with van der Waals surface area (Å²) < 4.78 is 10.6. The molecule has 4 rings (SSSR count). The van der Waals surface area contributed by atoms with Crippen molar-refractivity contribution in [3.63, 3.8) is 0 Å². The molecule has 0 spiro atoms. The van der Waals surface area contributed by atoms with E-state index in [2.05, 4.69) is 56.7 Å². The number of methoxy groups -OCH3 is 1. The molecule has 2 fully saturated rings. The smallest absolute Gasteiger partial charge is 0.416 e. The van der Waals surface area contributed by atoms with Gasteiger partial charge in [0.25, 0.3) is 0 Å². The Hall–Kier alpha value is -2.75. The van der Waals surface area contributed by atoms with Crippen molar-refractivity contribution in [3.8, 4) is 0 Å². The second kappa shape index (κ2) is 10.2. The number of amides is 1. The highest BCUT2D eigenvalue weighted by Gasteiger charge is 2.39. The average molecular weight is 441 g/mol. The van der Waals surface area contributed by atoms with E-state index in [9.17, 15) is 4.79 Å². The summed E-state index contributed by atoms with van der Waals surface area (Å²) in [6, 6.07) is 10.2. The molecule has 9 heteroatoms. The molecule has 0 saturated carbocycles. The van der Waals surface area contributed by atoms with E-state index in [0.29, 0.717) is 11.8 Å². The molecule has 1 amide bonds. The molecule has 9 nitrogen and oxygen atoms in total. The van der Waals surface area contributed by atoms with Gasteiger partial charge in [0.2, 0.25) is 5.95 Å². The zero-order valence-corrected chi connectivity index (χ0v) is 19.0. The van der Waals surface area contributed by atoms with Gasteiger partial charge in [-0.05, 0) is 31.0 Å². The van der Waals surface area contributed by atoms with Crippen molar-refractivity contribution in [1.82, 2.24) is 20.2 Å². The number of anilines is 2. The number of nitrogens with zero attached hydrogens (tertiary/aromatic N) is 4. The number of aromatic nitrogens is 2. The van der Waals surface area contributed by atoms with Crippen LogP contribution in [0.5, 0.6) is 0 Å². The second-order valence-electron chi connectivity index (χ2n) is 8.33. The summed E-state index contributed by atoms with van der Waals surface area (Å²) in [5.41, 5.74) is 2.46. The molecule has 1 aromatic carbocycles. The van der Waals surface area contributed by atoms with E-state index in [-0.39, 0.29) is 24.8 Å². The molecule has 32 heavy (non-hydrogen) atoms. The Morgan fingerprint density at radius 2 is 1.97 bits per heavy atom. The molecule has 172 valence electrons. The Morgan fingerprint density at radius 3 is 2.69 bits per heavy atom. The molecule has 3 atom stereocenters. The van der Waals surface area contributed by atoms with Gasteiger partial charge in [-0.3, -0.25) is 9.80 Å². The van der Waals surface area contributed by atoms with Gasteiger partial charge in [0.15, 0.2) is 0 Å². The third-order valence-corrected chi connectivity index (χ3v) is 6.15. The molecule has 3 heterocycles. The monoisotopic (exact) mass is 440 g/mol. The van der Waals surface area contributed by atoms with Crippen molar-refractivity contribution in [3.05, 3.63) is 47.7 Å². The number of carbonyl (C=O) groups is 1. The van der Waals surface area contributed by atoms with Gasteiger partial charge in [-0.15, -0.1) is 0 Å². The lowest BCUT2D eigenvalue weighted by Crippen LogP contribution is -2.42. The standard InChI is InChI=1S/C23H32N6O3/c1-16(19-6-4-18(5-7-19)14-28-12-10-24-11-13-28)26-22-25-9-8-21(27-22)29-20(17(2)31-3)15-32-23(29)30/h4-9,16-17,20,24H,10-15H2,1-3H3,(H,25,26,27)/t16-,17+,20?/m0/s1. The fraction of sp³-hybridized carbons (Fsp3) is 0.522. The lowest BCUT2D eigenvalue weighted by molar-refractivity contribution is 0.0881. The first-order valence-electron chi connectivity index (χ1n) is 11.2. The van der Waals surface area contributed by atoms with Gasteiger partial charge in [0, 0.05) is 46.0 Å². The summed E-state index contributed by atoms with van der Waals surface area (Å²) in [7, 11) is 1.62. The fourth-order valence-electron chi connectivity index (χ4n) is 4.07. The minimum Gasteiger partial charge on any atom is -0.447 e. The summed E-state index contributed by atoms with van der Waals surface area (Å²) in [5.74, 6) is 0.959. The first kappa shape index (κ1) is 22.4. The summed E-state index contributed by atoms with van der Waals surface area (Å²) in [5, 5.41) is 6.73.